The van der Waals surface area contributed by atoms with Gasteiger partial charge in [0.2, 0.25) is 0 Å². The van der Waals surface area contributed by atoms with E-state index in [-0.39, 0.29) is 6.10 Å². The van der Waals surface area contributed by atoms with E-state index in [2.05, 4.69) is 39.2 Å². The average molecular weight is 309 g/mol. The van der Waals surface area contributed by atoms with Gasteiger partial charge in [-0.2, -0.15) is 0 Å². The molecule has 1 aromatic rings. The van der Waals surface area contributed by atoms with Crippen LogP contribution in [0.5, 0.6) is 0 Å². The van der Waals surface area contributed by atoms with E-state index in [1.807, 2.05) is 0 Å². The van der Waals surface area contributed by atoms with Crippen LogP contribution in [0.25, 0.3) is 0 Å². The summed E-state index contributed by atoms with van der Waals surface area (Å²) in [5.41, 5.74) is 1.16. The molecule has 3 rings (SSSR count). The molecule has 6 nitrogen and oxygen atoms in total. The molecule has 0 bridgehead atoms. The number of hydrogen-bond acceptors (Lipinski definition) is 6. The molecule has 1 fully saturated rings. The third-order valence-corrected chi connectivity index (χ3v) is 5.33. The Morgan fingerprint density at radius 1 is 1.33 bits per heavy atom. The zero-order chi connectivity index (χ0) is 14.7. The molecule has 1 atom stereocenters. The van der Waals surface area contributed by atoms with Crippen molar-refractivity contribution in [3.8, 4) is 0 Å². The fourth-order valence-electron chi connectivity index (χ4n) is 2.84. The van der Waals surface area contributed by atoms with Crippen LogP contribution in [-0.2, 0) is 11.9 Å². The number of nitrogens with zero attached hydrogens (tertiary/aromatic N) is 4. The molecule has 21 heavy (non-hydrogen) atoms. The summed E-state index contributed by atoms with van der Waals surface area (Å²) in [6, 6.07) is 0. The monoisotopic (exact) mass is 309 g/mol. The van der Waals surface area contributed by atoms with Gasteiger partial charge >= 0.3 is 0 Å². The number of rotatable bonds is 5. The zero-order valence-electron chi connectivity index (χ0n) is 12.7. The van der Waals surface area contributed by atoms with Gasteiger partial charge in [0, 0.05) is 25.1 Å². The summed E-state index contributed by atoms with van der Waals surface area (Å²) in [5.74, 6) is 2.54. The molecule has 0 saturated carbocycles. The highest BCUT2D eigenvalue weighted by atomic mass is 32.2. The highest BCUT2D eigenvalue weighted by Crippen LogP contribution is 2.27. The van der Waals surface area contributed by atoms with Gasteiger partial charge in [0.15, 0.2) is 5.16 Å². The molecule has 0 aromatic carbocycles. The Morgan fingerprint density at radius 3 is 2.86 bits per heavy atom. The molecule has 1 N–H and O–H groups in total. The van der Waals surface area contributed by atoms with E-state index in [4.69, 9.17) is 4.84 Å². The molecule has 1 saturated heterocycles. The van der Waals surface area contributed by atoms with Crippen molar-refractivity contribution in [3.63, 3.8) is 0 Å². The van der Waals surface area contributed by atoms with Crippen LogP contribution in [0.1, 0.15) is 44.3 Å². The Labute approximate surface area is 129 Å². The molecule has 116 valence electrons. The third-order valence-electron chi connectivity index (χ3n) is 4.17. The Kier molecular flexibility index (Phi) is 4.80. The minimum absolute atomic E-state index is 0.184. The Morgan fingerprint density at radius 2 is 2.14 bits per heavy atom. The van der Waals surface area contributed by atoms with Crippen molar-refractivity contribution in [2.75, 3.05) is 18.8 Å². The Hall–Kier alpha value is -1.08. The molecule has 7 heteroatoms. The van der Waals surface area contributed by atoms with E-state index in [1.54, 1.807) is 11.8 Å². The number of oxime groups is 1. The minimum Gasteiger partial charge on any atom is -0.391 e. The first kappa shape index (κ1) is 14.8. The first-order valence-corrected chi connectivity index (χ1v) is 8.70. The maximum Gasteiger partial charge on any atom is 0.191 e. The van der Waals surface area contributed by atoms with Gasteiger partial charge in [-0.15, -0.1) is 10.2 Å². The van der Waals surface area contributed by atoms with E-state index >= 15 is 0 Å². The van der Waals surface area contributed by atoms with E-state index in [9.17, 15) is 0 Å². The lowest BCUT2D eigenvalue weighted by Gasteiger charge is -2.21. The van der Waals surface area contributed by atoms with Crippen molar-refractivity contribution in [3.05, 3.63) is 5.82 Å². The Balaban J connectivity index is 1.56. The summed E-state index contributed by atoms with van der Waals surface area (Å²) in [5, 5.41) is 17.2. The molecule has 0 spiro atoms. The number of hydrogen-bond donors (Lipinski definition) is 1. The average Bonchev–Trinajstić information content (AvgIpc) is 3.13. The summed E-state index contributed by atoms with van der Waals surface area (Å²) in [4.78, 5) is 5.44. The van der Waals surface area contributed by atoms with E-state index in [1.165, 1.54) is 0 Å². The second kappa shape index (κ2) is 6.79. The summed E-state index contributed by atoms with van der Waals surface area (Å²) in [6.45, 7) is 4.27. The lowest BCUT2D eigenvalue weighted by Crippen LogP contribution is -2.27. The molecule has 0 unspecified atom stereocenters. The molecular weight excluding hydrogens is 286 g/mol. The van der Waals surface area contributed by atoms with Crippen molar-refractivity contribution >= 4 is 17.5 Å². The van der Waals surface area contributed by atoms with Crippen molar-refractivity contribution < 1.29 is 4.84 Å². The fourth-order valence-corrected chi connectivity index (χ4v) is 3.74. The normalized spacial score (nSPS) is 23.1. The van der Waals surface area contributed by atoms with Crippen LogP contribution in [-0.4, -0.2) is 45.4 Å². The van der Waals surface area contributed by atoms with Gasteiger partial charge < -0.3 is 14.7 Å². The van der Waals surface area contributed by atoms with Gasteiger partial charge in [-0.1, -0.05) is 23.8 Å². The number of thioether (sulfide) groups is 1. The van der Waals surface area contributed by atoms with Crippen LogP contribution < -0.4 is 5.32 Å². The van der Waals surface area contributed by atoms with Crippen LogP contribution in [0.3, 0.4) is 0 Å². The molecule has 0 aliphatic carbocycles. The SMILES string of the molecule is CCC1=NO[C@H](CSc2nnc(C3CCNCC3)n2C)C1. The molecule has 0 radical (unpaired) electrons. The number of aromatic nitrogens is 3. The summed E-state index contributed by atoms with van der Waals surface area (Å²) >= 11 is 1.72. The van der Waals surface area contributed by atoms with Crippen molar-refractivity contribution in [2.45, 2.75) is 49.8 Å². The predicted molar refractivity (Wildman–Crippen MR) is 83.8 cm³/mol. The molecular formula is C14H23N5OS. The summed E-state index contributed by atoms with van der Waals surface area (Å²) < 4.78 is 2.15. The predicted octanol–water partition coefficient (Wildman–Crippen LogP) is 1.93. The zero-order valence-corrected chi connectivity index (χ0v) is 13.5. The van der Waals surface area contributed by atoms with Crippen molar-refractivity contribution in [1.29, 1.82) is 0 Å². The van der Waals surface area contributed by atoms with Gasteiger partial charge in [0.1, 0.15) is 11.9 Å². The van der Waals surface area contributed by atoms with Gasteiger partial charge in [0.25, 0.3) is 0 Å². The van der Waals surface area contributed by atoms with E-state index in [0.717, 1.165) is 61.2 Å². The topological polar surface area (TPSA) is 64.3 Å². The lowest BCUT2D eigenvalue weighted by molar-refractivity contribution is 0.103. The highest BCUT2D eigenvalue weighted by molar-refractivity contribution is 7.99. The third kappa shape index (κ3) is 3.40. The maximum absolute atomic E-state index is 5.44. The second-order valence-electron chi connectivity index (χ2n) is 5.68. The summed E-state index contributed by atoms with van der Waals surface area (Å²) in [6.07, 6.45) is 4.41. The van der Waals surface area contributed by atoms with E-state index < -0.39 is 0 Å². The van der Waals surface area contributed by atoms with Gasteiger partial charge in [0.05, 0.1) is 5.71 Å². The fraction of sp³-hybridized carbons (Fsp3) is 0.786. The van der Waals surface area contributed by atoms with E-state index in [0.29, 0.717) is 5.92 Å². The first-order valence-electron chi connectivity index (χ1n) is 7.72. The number of nitrogens with one attached hydrogen (secondary N) is 1. The lowest BCUT2D eigenvalue weighted by atomic mass is 9.97. The standard InChI is InChI=1S/C14H23N5OS/c1-3-11-8-12(20-18-11)9-21-14-17-16-13(19(14)2)10-4-6-15-7-5-10/h10,12,15H,3-9H2,1-2H3/t12-/m0/s1. The Bertz CT molecular complexity index is 509. The van der Waals surface area contributed by atoms with Gasteiger partial charge in [-0.25, -0.2) is 0 Å². The quantitative estimate of drug-likeness (QED) is 0.842. The summed E-state index contributed by atoms with van der Waals surface area (Å²) in [7, 11) is 2.07. The van der Waals surface area contributed by atoms with Crippen LogP contribution in [0.4, 0.5) is 0 Å². The van der Waals surface area contributed by atoms with Gasteiger partial charge in [-0.05, 0) is 32.4 Å². The molecule has 2 aliphatic rings. The largest absolute Gasteiger partial charge is 0.391 e. The van der Waals surface area contributed by atoms with Crippen molar-refractivity contribution in [1.82, 2.24) is 20.1 Å². The van der Waals surface area contributed by atoms with Crippen LogP contribution in [0, 0.1) is 0 Å². The van der Waals surface area contributed by atoms with Crippen molar-refractivity contribution in [2.24, 2.45) is 12.2 Å². The molecule has 0 amide bonds. The molecule has 3 heterocycles. The van der Waals surface area contributed by atoms with Crippen LogP contribution >= 0.6 is 11.8 Å². The van der Waals surface area contributed by atoms with Crippen LogP contribution in [0.2, 0.25) is 0 Å². The second-order valence-corrected chi connectivity index (χ2v) is 6.66. The maximum atomic E-state index is 5.44. The minimum atomic E-state index is 0.184. The number of piperidine rings is 1. The smallest absolute Gasteiger partial charge is 0.191 e. The molecule has 2 aliphatic heterocycles. The van der Waals surface area contributed by atoms with Gasteiger partial charge in [-0.3, -0.25) is 0 Å². The molecule has 1 aromatic heterocycles. The van der Waals surface area contributed by atoms with Crippen LogP contribution in [0.15, 0.2) is 10.3 Å². The first-order chi connectivity index (χ1) is 10.3. The highest BCUT2D eigenvalue weighted by Gasteiger charge is 2.24.